The summed E-state index contributed by atoms with van der Waals surface area (Å²) in [6, 6.07) is 3.48. The van der Waals surface area contributed by atoms with Gasteiger partial charge in [-0.15, -0.1) is 0 Å². The van der Waals surface area contributed by atoms with E-state index in [9.17, 15) is 0 Å². The third kappa shape index (κ3) is 2.60. The molecule has 0 saturated carbocycles. The van der Waals surface area contributed by atoms with Crippen LogP contribution in [0.5, 0.6) is 0 Å². The molecule has 1 aromatic heterocycles. The van der Waals surface area contributed by atoms with Gasteiger partial charge in [0.15, 0.2) is 0 Å². The van der Waals surface area contributed by atoms with Crippen molar-refractivity contribution in [2.24, 2.45) is 0 Å². The number of thiophene rings is 1. The van der Waals surface area contributed by atoms with Gasteiger partial charge in [-0.05, 0) is 55.7 Å². The third-order valence-electron chi connectivity index (χ3n) is 3.48. The lowest BCUT2D eigenvalue weighted by Gasteiger charge is -2.35. The molecule has 2 unspecified atom stereocenters. The highest BCUT2D eigenvalue weighted by Gasteiger charge is 2.22. The highest BCUT2D eigenvalue weighted by atomic mass is 32.1. The highest BCUT2D eigenvalue weighted by Crippen LogP contribution is 2.24. The van der Waals surface area contributed by atoms with E-state index in [4.69, 9.17) is 0 Å². The molecule has 1 N–H and O–H groups in total. The Balaban J connectivity index is 1.97. The number of piperidine rings is 1. The molecule has 3 heteroatoms. The first-order chi connectivity index (χ1) is 7.29. The van der Waals surface area contributed by atoms with Crippen molar-refractivity contribution in [2.45, 2.75) is 31.8 Å². The van der Waals surface area contributed by atoms with E-state index in [2.05, 4.69) is 41.0 Å². The molecule has 2 atom stereocenters. The molecule has 0 amide bonds. The van der Waals surface area contributed by atoms with E-state index in [-0.39, 0.29) is 0 Å². The summed E-state index contributed by atoms with van der Waals surface area (Å²) in [6.07, 6.45) is 2.64. The minimum absolute atomic E-state index is 0.543. The average Bonchev–Trinajstić information content (AvgIpc) is 2.82. The second-order valence-corrected chi connectivity index (χ2v) is 5.18. The van der Waals surface area contributed by atoms with E-state index in [1.807, 2.05) is 0 Å². The molecule has 0 aliphatic carbocycles. The van der Waals surface area contributed by atoms with Crippen molar-refractivity contribution in [1.82, 2.24) is 10.2 Å². The first kappa shape index (κ1) is 11.1. The predicted octanol–water partition coefficient (Wildman–Crippen LogP) is 2.49. The van der Waals surface area contributed by atoms with Crippen LogP contribution in [0.1, 0.15) is 31.4 Å². The molecule has 1 saturated heterocycles. The smallest absolute Gasteiger partial charge is 0.0328 e. The van der Waals surface area contributed by atoms with Gasteiger partial charge in [-0.2, -0.15) is 11.3 Å². The number of nitrogens with zero attached hydrogens (tertiary/aromatic N) is 1. The maximum atomic E-state index is 3.48. The van der Waals surface area contributed by atoms with E-state index >= 15 is 0 Å². The lowest BCUT2D eigenvalue weighted by molar-refractivity contribution is 0.156. The minimum atomic E-state index is 0.543. The van der Waals surface area contributed by atoms with Crippen molar-refractivity contribution in [1.29, 1.82) is 0 Å². The molecule has 0 bridgehead atoms. The quantitative estimate of drug-likeness (QED) is 0.848. The molecule has 0 aromatic carbocycles. The van der Waals surface area contributed by atoms with Crippen LogP contribution in [0.2, 0.25) is 0 Å². The molecule has 1 fully saturated rings. The fourth-order valence-electron chi connectivity index (χ4n) is 2.25. The summed E-state index contributed by atoms with van der Waals surface area (Å²) in [5, 5.41) is 7.90. The number of rotatable bonds is 3. The Hall–Kier alpha value is -0.380. The lowest BCUT2D eigenvalue weighted by atomic mass is 10.0. The third-order valence-corrected chi connectivity index (χ3v) is 4.18. The van der Waals surface area contributed by atoms with Gasteiger partial charge in [0, 0.05) is 18.6 Å². The second-order valence-electron chi connectivity index (χ2n) is 4.40. The van der Waals surface area contributed by atoms with E-state index in [1.165, 1.54) is 24.9 Å². The first-order valence-corrected chi connectivity index (χ1v) is 6.68. The van der Waals surface area contributed by atoms with Crippen LogP contribution in [0, 0.1) is 0 Å². The fraction of sp³-hybridized carbons (Fsp3) is 0.667. The fourth-order valence-corrected chi connectivity index (χ4v) is 2.99. The summed E-state index contributed by atoms with van der Waals surface area (Å²) in [5.41, 5.74) is 1.45. The minimum Gasteiger partial charge on any atom is -0.315 e. The number of hydrogen-bond donors (Lipinski definition) is 1. The molecule has 1 aliphatic heterocycles. The normalized spacial score (nSPS) is 24.3. The van der Waals surface area contributed by atoms with Crippen molar-refractivity contribution < 1.29 is 0 Å². The van der Waals surface area contributed by atoms with Gasteiger partial charge in [0.2, 0.25) is 0 Å². The summed E-state index contributed by atoms with van der Waals surface area (Å²) in [5.74, 6) is 0. The van der Waals surface area contributed by atoms with Gasteiger partial charge in [0.1, 0.15) is 0 Å². The van der Waals surface area contributed by atoms with Gasteiger partial charge < -0.3 is 5.32 Å². The van der Waals surface area contributed by atoms with Gasteiger partial charge in [0.05, 0.1) is 0 Å². The molecule has 84 valence electrons. The van der Waals surface area contributed by atoms with Crippen molar-refractivity contribution >= 4 is 11.3 Å². The second kappa shape index (κ2) is 5.10. The number of nitrogens with one attached hydrogen (secondary N) is 1. The Labute approximate surface area is 96.3 Å². The van der Waals surface area contributed by atoms with Crippen LogP contribution in [0.4, 0.5) is 0 Å². The van der Waals surface area contributed by atoms with Crippen LogP contribution in [0.25, 0.3) is 0 Å². The molecule has 2 nitrogen and oxygen atoms in total. The topological polar surface area (TPSA) is 15.3 Å². The molecule has 1 aliphatic rings. The summed E-state index contributed by atoms with van der Waals surface area (Å²) in [6.45, 7) is 4.64. The van der Waals surface area contributed by atoms with E-state index in [0.717, 1.165) is 6.54 Å². The Kier molecular flexibility index (Phi) is 3.78. The van der Waals surface area contributed by atoms with E-state index < -0.39 is 0 Å². The molecule has 0 spiro atoms. The Bertz CT molecular complexity index is 278. The van der Waals surface area contributed by atoms with Gasteiger partial charge in [-0.3, -0.25) is 4.90 Å². The molecule has 15 heavy (non-hydrogen) atoms. The maximum absolute atomic E-state index is 3.48. The Morgan fingerprint density at radius 3 is 3.07 bits per heavy atom. The zero-order valence-corrected chi connectivity index (χ0v) is 10.4. The zero-order valence-electron chi connectivity index (χ0n) is 9.57. The van der Waals surface area contributed by atoms with Crippen molar-refractivity contribution in [2.75, 3.05) is 20.1 Å². The number of likely N-dealkylation sites (N-methyl/N-ethyl adjacent to an activating group) is 1. The largest absolute Gasteiger partial charge is 0.315 e. The Morgan fingerprint density at radius 2 is 2.47 bits per heavy atom. The van der Waals surface area contributed by atoms with Gasteiger partial charge in [-0.25, -0.2) is 0 Å². The Morgan fingerprint density at radius 1 is 1.60 bits per heavy atom. The summed E-state index contributed by atoms with van der Waals surface area (Å²) < 4.78 is 0. The molecule has 2 heterocycles. The summed E-state index contributed by atoms with van der Waals surface area (Å²) >= 11 is 1.79. The lowest BCUT2D eigenvalue weighted by Crippen LogP contribution is -2.44. The average molecular weight is 224 g/mol. The molecule has 2 rings (SSSR count). The standard InChI is InChI=1S/C12H20N2S/c1-10(11-5-7-15-9-11)14(2)12-4-3-6-13-8-12/h5,7,9-10,12-13H,3-4,6,8H2,1-2H3. The van der Waals surface area contributed by atoms with Gasteiger partial charge in [-0.1, -0.05) is 0 Å². The van der Waals surface area contributed by atoms with Crippen LogP contribution >= 0.6 is 11.3 Å². The predicted molar refractivity (Wildman–Crippen MR) is 66.4 cm³/mol. The first-order valence-electron chi connectivity index (χ1n) is 5.74. The highest BCUT2D eigenvalue weighted by molar-refractivity contribution is 7.07. The molecule has 1 aromatic rings. The van der Waals surface area contributed by atoms with Crippen molar-refractivity contribution in [3.63, 3.8) is 0 Å². The summed E-state index contributed by atoms with van der Waals surface area (Å²) in [7, 11) is 2.25. The van der Waals surface area contributed by atoms with Gasteiger partial charge in [0.25, 0.3) is 0 Å². The summed E-state index contributed by atoms with van der Waals surface area (Å²) in [4.78, 5) is 2.51. The van der Waals surface area contributed by atoms with Crippen LogP contribution in [0.15, 0.2) is 16.8 Å². The maximum Gasteiger partial charge on any atom is 0.0328 e. The monoisotopic (exact) mass is 224 g/mol. The van der Waals surface area contributed by atoms with Crippen LogP contribution < -0.4 is 5.32 Å². The van der Waals surface area contributed by atoms with E-state index in [0.29, 0.717) is 12.1 Å². The van der Waals surface area contributed by atoms with E-state index in [1.54, 1.807) is 11.3 Å². The van der Waals surface area contributed by atoms with Crippen LogP contribution in [0.3, 0.4) is 0 Å². The van der Waals surface area contributed by atoms with Crippen molar-refractivity contribution in [3.8, 4) is 0 Å². The van der Waals surface area contributed by atoms with Crippen LogP contribution in [-0.2, 0) is 0 Å². The molecule has 0 radical (unpaired) electrons. The molecular formula is C12H20N2S. The van der Waals surface area contributed by atoms with Crippen molar-refractivity contribution in [3.05, 3.63) is 22.4 Å². The SMILES string of the molecule is CC(c1ccsc1)N(C)C1CCCNC1. The zero-order chi connectivity index (χ0) is 10.7. The van der Waals surface area contributed by atoms with Gasteiger partial charge >= 0.3 is 0 Å². The molecular weight excluding hydrogens is 204 g/mol. The van der Waals surface area contributed by atoms with Crippen LogP contribution in [-0.4, -0.2) is 31.1 Å². The number of hydrogen-bond acceptors (Lipinski definition) is 3.